The molecule has 0 fully saturated rings. The minimum Gasteiger partial charge on any atom is -1.00 e. The zero-order valence-corrected chi connectivity index (χ0v) is 6.88. The maximum atomic E-state index is 8.89. The van der Waals surface area contributed by atoms with E-state index in [-0.39, 0.29) is 13.8 Å². The highest BCUT2D eigenvalue weighted by Crippen LogP contribution is 2.09. The van der Waals surface area contributed by atoms with E-state index < -0.39 is 0 Å². The van der Waals surface area contributed by atoms with Crippen molar-refractivity contribution < 1.29 is 18.9 Å². The number of nitrogens with two attached hydrogens (primary N) is 1. The first kappa shape index (κ1) is 10.3. The first-order valence-corrected chi connectivity index (χ1v) is 3.31. The number of phenols is 1. The highest BCUT2D eigenvalue weighted by atomic mass is 35.5. The molecule has 0 radical (unpaired) electrons. The Morgan fingerprint density at radius 2 is 1.82 bits per heavy atom. The summed E-state index contributed by atoms with van der Waals surface area (Å²) in [7, 11) is 0. The summed E-state index contributed by atoms with van der Waals surface area (Å²) in [4.78, 5) is 0. The molecule has 0 spiro atoms. The Balaban J connectivity index is 0. The van der Waals surface area contributed by atoms with Gasteiger partial charge in [-0.15, -0.1) is 0 Å². The average molecular weight is 174 g/mol. The molecule has 0 aliphatic carbocycles. The third kappa shape index (κ3) is 3.25. The lowest BCUT2D eigenvalue weighted by Crippen LogP contribution is -3.00. The van der Waals surface area contributed by atoms with Gasteiger partial charge in [0.05, 0.1) is 0 Å². The van der Waals surface area contributed by atoms with E-state index in [9.17, 15) is 0 Å². The Hall–Kier alpha value is -0.730. The van der Waals surface area contributed by atoms with Crippen LogP contribution < -0.4 is 18.1 Å². The van der Waals surface area contributed by atoms with Crippen LogP contribution in [0.3, 0.4) is 0 Å². The van der Waals surface area contributed by atoms with Crippen LogP contribution in [0.15, 0.2) is 24.3 Å². The number of hydrogen-bond acceptors (Lipinski definition) is 2. The SMILES string of the molecule is NCCc1ccc(O)cc1.[Cl-].[H+]. The molecule has 0 aliphatic heterocycles. The molecule has 0 aromatic heterocycles. The van der Waals surface area contributed by atoms with Crippen molar-refractivity contribution in [2.75, 3.05) is 6.54 Å². The first-order chi connectivity index (χ1) is 4.83. The van der Waals surface area contributed by atoms with Crippen LogP contribution in [-0.2, 0) is 6.42 Å². The fourth-order valence-electron chi connectivity index (χ4n) is 0.829. The van der Waals surface area contributed by atoms with E-state index in [1.54, 1.807) is 12.1 Å². The number of hydrogen-bond donors (Lipinski definition) is 2. The van der Waals surface area contributed by atoms with Crippen LogP contribution in [0.2, 0.25) is 0 Å². The lowest BCUT2D eigenvalue weighted by Gasteiger charge is -1.96. The summed E-state index contributed by atoms with van der Waals surface area (Å²) in [5, 5.41) is 8.89. The molecule has 62 valence electrons. The molecule has 1 aromatic carbocycles. The summed E-state index contributed by atoms with van der Waals surface area (Å²) in [5.74, 6) is 0.306. The smallest absolute Gasteiger partial charge is 1.00 e. The first-order valence-electron chi connectivity index (χ1n) is 3.31. The third-order valence-corrected chi connectivity index (χ3v) is 1.37. The monoisotopic (exact) mass is 173 g/mol. The predicted octanol–water partition coefficient (Wildman–Crippen LogP) is -1.99. The third-order valence-electron chi connectivity index (χ3n) is 1.37. The molecule has 0 bridgehead atoms. The van der Waals surface area contributed by atoms with Gasteiger partial charge in [-0.3, -0.25) is 0 Å². The molecule has 0 aliphatic rings. The van der Waals surface area contributed by atoms with Gasteiger partial charge in [-0.2, -0.15) is 0 Å². The van der Waals surface area contributed by atoms with Crippen molar-refractivity contribution in [1.82, 2.24) is 0 Å². The predicted molar refractivity (Wildman–Crippen MR) is 42.0 cm³/mol. The lowest BCUT2D eigenvalue weighted by atomic mass is 10.1. The van der Waals surface area contributed by atoms with Gasteiger partial charge in [-0.05, 0) is 30.7 Å². The molecule has 0 unspecified atom stereocenters. The van der Waals surface area contributed by atoms with Crippen LogP contribution in [0.4, 0.5) is 0 Å². The van der Waals surface area contributed by atoms with E-state index in [1.807, 2.05) is 12.1 Å². The van der Waals surface area contributed by atoms with E-state index in [4.69, 9.17) is 10.8 Å². The second-order valence-corrected chi connectivity index (χ2v) is 2.21. The molecule has 0 saturated carbocycles. The normalized spacial score (nSPS) is 8.82. The molecule has 11 heavy (non-hydrogen) atoms. The van der Waals surface area contributed by atoms with E-state index in [0.717, 1.165) is 6.42 Å². The molecule has 2 nitrogen and oxygen atoms in total. The molecule has 0 heterocycles. The number of aromatic hydroxyl groups is 1. The van der Waals surface area contributed by atoms with Crippen molar-refractivity contribution in [3.05, 3.63) is 29.8 Å². The van der Waals surface area contributed by atoms with Gasteiger partial charge < -0.3 is 23.2 Å². The van der Waals surface area contributed by atoms with Gasteiger partial charge in [-0.1, -0.05) is 12.1 Å². The summed E-state index contributed by atoms with van der Waals surface area (Å²) < 4.78 is 0. The zero-order valence-electron chi connectivity index (χ0n) is 7.13. The van der Waals surface area contributed by atoms with Gasteiger partial charge in [-0.25, -0.2) is 0 Å². The summed E-state index contributed by atoms with van der Waals surface area (Å²) in [6.07, 6.45) is 0.875. The van der Waals surface area contributed by atoms with Crippen LogP contribution in [0, 0.1) is 0 Å². The molecular formula is C8H12ClNO. The minimum atomic E-state index is 0. The van der Waals surface area contributed by atoms with Crippen LogP contribution in [-0.4, -0.2) is 11.7 Å². The van der Waals surface area contributed by atoms with Crippen molar-refractivity contribution in [1.29, 1.82) is 0 Å². The number of halogens is 1. The number of rotatable bonds is 2. The van der Waals surface area contributed by atoms with Crippen molar-refractivity contribution in [3.8, 4) is 5.75 Å². The quantitative estimate of drug-likeness (QED) is 0.544. The van der Waals surface area contributed by atoms with Crippen LogP contribution in [0.25, 0.3) is 0 Å². The van der Waals surface area contributed by atoms with Gasteiger partial charge in [0.15, 0.2) is 0 Å². The molecule has 0 atom stereocenters. The lowest BCUT2D eigenvalue weighted by molar-refractivity contribution is -0.00000322. The van der Waals surface area contributed by atoms with Crippen LogP contribution >= 0.6 is 0 Å². The van der Waals surface area contributed by atoms with E-state index in [1.165, 1.54) is 5.56 Å². The second kappa shape index (κ2) is 4.99. The van der Waals surface area contributed by atoms with Crippen molar-refractivity contribution in [2.45, 2.75) is 6.42 Å². The van der Waals surface area contributed by atoms with Crippen molar-refractivity contribution in [3.63, 3.8) is 0 Å². The Labute approximate surface area is 73.9 Å². The Kier molecular flexibility index (Phi) is 4.66. The standard InChI is InChI=1S/C8H11NO.ClH/c9-6-5-7-1-3-8(10)4-2-7;/h1-4,10H,5-6,9H2;1H. The van der Waals surface area contributed by atoms with Gasteiger partial charge in [0.1, 0.15) is 5.75 Å². The molecule has 0 saturated heterocycles. The largest absolute Gasteiger partial charge is 1.00 e. The molecular weight excluding hydrogens is 162 g/mol. The highest BCUT2D eigenvalue weighted by molar-refractivity contribution is 5.25. The van der Waals surface area contributed by atoms with E-state index in [0.29, 0.717) is 12.3 Å². The summed E-state index contributed by atoms with van der Waals surface area (Å²) in [6.45, 7) is 0.658. The molecule has 0 amide bonds. The maximum Gasteiger partial charge on any atom is 1.00 e. The molecule has 1 aromatic rings. The minimum absolute atomic E-state index is 0. The topological polar surface area (TPSA) is 46.2 Å². The Morgan fingerprint density at radius 1 is 1.27 bits per heavy atom. The van der Waals surface area contributed by atoms with Gasteiger partial charge >= 0.3 is 1.43 Å². The highest BCUT2D eigenvalue weighted by Gasteiger charge is 1.89. The Morgan fingerprint density at radius 3 is 2.27 bits per heavy atom. The van der Waals surface area contributed by atoms with Gasteiger partial charge in [0.2, 0.25) is 0 Å². The summed E-state index contributed by atoms with van der Waals surface area (Å²) in [5.41, 5.74) is 6.50. The molecule has 1 rings (SSSR count). The van der Waals surface area contributed by atoms with Crippen molar-refractivity contribution >= 4 is 0 Å². The zero-order chi connectivity index (χ0) is 7.40. The molecule has 3 N–H and O–H groups in total. The van der Waals surface area contributed by atoms with E-state index in [2.05, 4.69) is 0 Å². The fourth-order valence-corrected chi connectivity index (χ4v) is 0.829. The Bertz CT molecular complexity index is 203. The van der Waals surface area contributed by atoms with Crippen LogP contribution in [0.1, 0.15) is 6.99 Å². The fraction of sp³-hybridized carbons (Fsp3) is 0.250. The second-order valence-electron chi connectivity index (χ2n) is 2.21. The number of phenolic OH excluding ortho intramolecular Hbond substituents is 1. The summed E-state index contributed by atoms with van der Waals surface area (Å²) in [6, 6.07) is 7.10. The average Bonchev–Trinajstić information content (AvgIpc) is 1.95. The molecule has 3 heteroatoms. The van der Waals surface area contributed by atoms with Crippen molar-refractivity contribution in [2.24, 2.45) is 5.73 Å². The van der Waals surface area contributed by atoms with E-state index >= 15 is 0 Å². The van der Waals surface area contributed by atoms with Gasteiger partial charge in [0.25, 0.3) is 0 Å². The van der Waals surface area contributed by atoms with Crippen LogP contribution in [0.5, 0.6) is 5.75 Å². The maximum absolute atomic E-state index is 8.89. The number of benzene rings is 1. The summed E-state index contributed by atoms with van der Waals surface area (Å²) >= 11 is 0. The van der Waals surface area contributed by atoms with Gasteiger partial charge in [0, 0.05) is 0 Å².